The van der Waals surface area contributed by atoms with Crippen LogP contribution in [0.1, 0.15) is 19.8 Å². The van der Waals surface area contributed by atoms with Crippen molar-refractivity contribution in [1.29, 1.82) is 0 Å². The first-order valence-corrected chi connectivity index (χ1v) is 6.42. The van der Waals surface area contributed by atoms with Crippen LogP contribution in [0.15, 0.2) is 0 Å². The molecule has 0 aromatic heterocycles. The van der Waals surface area contributed by atoms with E-state index in [0.29, 0.717) is 19.4 Å². The molecule has 82 valence electrons. The van der Waals surface area contributed by atoms with Crippen LogP contribution in [0, 0.1) is 5.92 Å². The molecule has 1 rings (SSSR count). The average molecular weight is 221 g/mol. The van der Waals surface area contributed by atoms with Gasteiger partial charge in [-0.3, -0.25) is 4.79 Å². The number of sulfonamides is 1. The van der Waals surface area contributed by atoms with Gasteiger partial charge in [-0.15, -0.1) is 0 Å². The van der Waals surface area contributed by atoms with Crippen LogP contribution in [0.3, 0.4) is 0 Å². The highest BCUT2D eigenvalue weighted by atomic mass is 32.2. The summed E-state index contributed by atoms with van der Waals surface area (Å²) in [5.74, 6) is -1.48. The Morgan fingerprint density at radius 1 is 1.64 bits per heavy atom. The number of rotatable bonds is 4. The van der Waals surface area contributed by atoms with Gasteiger partial charge in [-0.2, -0.15) is 4.31 Å². The Kier molecular flexibility index (Phi) is 3.16. The molecule has 5 nitrogen and oxygen atoms in total. The van der Waals surface area contributed by atoms with Crippen molar-refractivity contribution < 1.29 is 18.3 Å². The summed E-state index contributed by atoms with van der Waals surface area (Å²) >= 11 is 0. The molecule has 0 aromatic carbocycles. The maximum atomic E-state index is 11.2. The Morgan fingerprint density at radius 3 is 2.43 bits per heavy atom. The van der Waals surface area contributed by atoms with Crippen molar-refractivity contribution in [2.75, 3.05) is 12.8 Å². The Balaban J connectivity index is 2.75. The Morgan fingerprint density at radius 2 is 2.21 bits per heavy atom. The first-order chi connectivity index (χ1) is 6.38. The predicted molar refractivity (Wildman–Crippen MR) is 51.4 cm³/mol. The standard InChI is InChI=1S/C8H15NO4S/c1-3-6(8(10)11)7-4-5-9(7)14(2,12)13/h6-7H,3-5H2,1-2H3,(H,10,11). The molecule has 0 saturated carbocycles. The van der Waals surface area contributed by atoms with E-state index < -0.39 is 21.9 Å². The SMILES string of the molecule is CCC(C(=O)O)C1CCN1S(C)(=O)=O. The Labute approximate surface area is 83.8 Å². The summed E-state index contributed by atoms with van der Waals surface area (Å²) in [6, 6.07) is -0.340. The van der Waals surface area contributed by atoms with E-state index in [4.69, 9.17) is 5.11 Å². The van der Waals surface area contributed by atoms with Gasteiger partial charge in [-0.1, -0.05) is 6.92 Å². The number of hydrogen-bond donors (Lipinski definition) is 1. The highest BCUT2D eigenvalue weighted by Gasteiger charge is 2.42. The molecular formula is C8H15NO4S. The fourth-order valence-electron chi connectivity index (χ4n) is 1.81. The first kappa shape index (κ1) is 11.5. The summed E-state index contributed by atoms with van der Waals surface area (Å²) in [5.41, 5.74) is 0. The minimum Gasteiger partial charge on any atom is -0.481 e. The van der Waals surface area contributed by atoms with Crippen LogP contribution in [-0.4, -0.2) is 42.6 Å². The molecule has 1 fully saturated rings. The molecule has 2 unspecified atom stereocenters. The summed E-state index contributed by atoms with van der Waals surface area (Å²) in [6.45, 7) is 2.21. The molecule has 1 N–H and O–H groups in total. The van der Waals surface area contributed by atoms with Crippen molar-refractivity contribution in [3.8, 4) is 0 Å². The van der Waals surface area contributed by atoms with Gasteiger partial charge in [0, 0.05) is 12.6 Å². The number of aliphatic carboxylic acids is 1. The molecule has 0 amide bonds. The topological polar surface area (TPSA) is 74.7 Å². The molecule has 2 atom stereocenters. The second-order valence-corrected chi connectivity index (χ2v) is 5.52. The summed E-state index contributed by atoms with van der Waals surface area (Å²) in [4.78, 5) is 10.8. The second-order valence-electron chi connectivity index (χ2n) is 3.58. The minimum absolute atomic E-state index is 0.340. The Hall–Kier alpha value is -0.620. The summed E-state index contributed by atoms with van der Waals surface area (Å²) in [5, 5.41) is 8.87. The molecule has 0 aliphatic carbocycles. The number of carboxylic acids is 1. The molecule has 1 saturated heterocycles. The quantitative estimate of drug-likeness (QED) is 0.732. The van der Waals surface area contributed by atoms with Gasteiger partial charge in [0.2, 0.25) is 10.0 Å². The average Bonchev–Trinajstić information content (AvgIpc) is 1.92. The van der Waals surface area contributed by atoms with Gasteiger partial charge in [0.05, 0.1) is 12.2 Å². The Bertz CT molecular complexity index is 324. The minimum atomic E-state index is -3.23. The maximum Gasteiger partial charge on any atom is 0.308 e. The van der Waals surface area contributed by atoms with Gasteiger partial charge in [0.25, 0.3) is 0 Å². The third kappa shape index (κ3) is 2.06. The molecule has 0 aromatic rings. The van der Waals surface area contributed by atoms with Crippen LogP contribution in [0.4, 0.5) is 0 Å². The lowest BCUT2D eigenvalue weighted by Crippen LogP contribution is -2.55. The van der Waals surface area contributed by atoms with Crippen molar-refractivity contribution in [2.45, 2.75) is 25.8 Å². The van der Waals surface area contributed by atoms with Crippen molar-refractivity contribution in [2.24, 2.45) is 5.92 Å². The second kappa shape index (κ2) is 3.86. The van der Waals surface area contributed by atoms with Crippen molar-refractivity contribution >= 4 is 16.0 Å². The third-order valence-electron chi connectivity index (χ3n) is 2.66. The number of carbonyl (C=O) groups is 1. The summed E-state index contributed by atoms with van der Waals surface area (Å²) in [7, 11) is -3.23. The van der Waals surface area contributed by atoms with E-state index in [1.54, 1.807) is 6.92 Å². The van der Waals surface area contributed by atoms with Crippen molar-refractivity contribution in [3.05, 3.63) is 0 Å². The molecule has 14 heavy (non-hydrogen) atoms. The van der Waals surface area contributed by atoms with Crippen LogP contribution in [0.5, 0.6) is 0 Å². The zero-order valence-corrected chi connectivity index (χ0v) is 9.12. The molecule has 1 aliphatic heterocycles. The zero-order valence-electron chi connectivity index (χ0n) is 8.30. The molecule has 0 radical (unpaired) electrons. The van der Waals surface area contributed by atoms with Crippen LogP contribution in [-0.2, 0) is 14.8 Å². The fourth-order valence-corrected chi connectivity index (χ4v) is 2.99. The van der Waals surface area contributed by atoms with Crippen LogP contribution < -0.4 is 0 Å². The molecule has 1 heterocycles. The summed E-state index contributed by atoms with van der Waals surface area (Å²) < 4.78 is 23.7. The van der Waals surface area contributed by atoms with E-state index in [0.717, 1.165) is 6.26 Å². The monoisotopic (exact) mass is 221 g/mol. The van der Waals surface area contributed by atoms with Crippen LogP contribution >= 0.6 is 0 Å². The molecular weight excluding hydrogens is 206 g/mol. The van der Waals surface area contributed by atoms with Gasteiger partial charge in [-0.25, -0.2) is 8.42 Å². The largest absolute Gasteiger partial charge is 0.481 e. The highest BCUT2D eigenvalue weighted by molar-refractivity contribution is 7.88. The lowest BCUT2D eigenvalue weighted by atomic mass is 9.90. The van der Waals surface area contributed by atoms with Gasteiger partial charge in [0.1, 0.15) is 0 Å². The molecule has 0 spiro atoms. The molecule has 0 bridgehead atoms. The van der Waals surface area contributed by atoms with Gasteiger partial charge >= 0.3 is 5.97 Å². The van der Waals surface area contributed by atoms with Crippen molar-refractivity contribution in [3.63, 3.8) is 0 Å². The zero-order chi connectivity index (χ0) is 10.9. The number of carboxylic acid groups (broad SMARTS) is 1. The molecule has 1 aliphatic rings. The highest BCUT2D eigenvalue weighted by Crippen LogP contribution is 2.29. The van der Waals surface area contributed by atoms with Crippen LogP contribution in [0.25, 0.3) is 0 Å². The lowest BCUT2D eigenvalue weighted by molar-refractivity contribution is -0.145. The van der Waals surface area contributed by atoms with E-state index in [2.05, 4.69) is 0 Å². The lowest BCUT2D eigenvalue weighted by Gasteiger charge is -2.41. The van der Waals surface area contributed by atoms with Crippen molar-refractivity contribution in [1.82, 2.24) is 4.31 Å². The van der Waals surface area contributed by atoms with E-state index in [1.807, 2.05) is 0 Å². The van der Waals surface area contributed by atoms with Gasteiger partial charge in [0.15, 0.2) is 0 Å². The normalized spacial score (nSPS) is 25.4. The van der Waals surface area contributed by atoms with Gasteiger partial charge in [-0.05, 0) is 12.8 Å². The predicted octanol–water partition coefficient (Wildman–Crippen LogP) is 0.131. The number of hydrogen-bond acceptors (Lipinski definition) is 3. The molecule has 6 heteroatoms. The van der Waals surface area contributed by atoms with E-state index in [1.165, 1.54) is 4.31 Å². The first-order valence-electron chi connectivity index (χ1n) is 4.57. The van der Waals surface area contributed by atoms with E-state index in [-0.39, 0.29) is 6.04 Å². The smallest absolute Gasteiger partial charge is 0.308 e. The van der Waals surface area contributed by atoms with Gasteiger partial charge < -0.3 is 5.11 Å². The third-order valence-corrected chi connectivity index (χ3v) is 3.97. The number of nitrogens with zero attached hydrogens (tertiary/aromatic N) is 1. The fraction of sp³-hybridized carbons (Fsp3) is 0.875. The maximum absolute atomic E-state index is 11.2. The van der Waals surface area contributed by atoms with Crippen LogP contribution in [0.2, 0.25) is 0 Å². The van der Waals surface area contributed by atoms with E-state index >= 15 is 0 Å². The summed E-state index contributed by atoms with van der Waals surface area (Å²) in [6.07, 6.45) is 2.23. The van der Waals surface area contributed by atoms with E-state index in [9.17, 15) is 13.2 Å².